The number of rotatable bonds is 2. The van der Waals surface area contributed by atoms with E-state index in [0.717, 1.165) is 22.8 Å². The molecule has 0 bridgehead atoms. The standard InChI is InChI=1S/C14H14F3N3O2/c1-19-11-3-2-9(14(15,16)17)4-10(11)12(21)20(13(19)22)7-8-5-18-6-8/h2-4,8,18H,5-7H2,1H3. The molecule has 0 unspecified atom stereocenters. The lowest BCUT2D eigenvalue weighted by Crippen LogP contribution is -2.49. The Bertz CT molecular complexity index is 847. The normalized spacial score (nSPS) is 16.0. The third-order valence-electron chi connectivity index (χ3n) is 3.99. The number of aromatic nitrogens is 2. The van der Waals surface area contributed by atoms with Crippen LogP contribution in [0.15, 0.2) is 27.8 Å². The average Bonchev–Trinajstić information content (AvgIpc) is 2.41. The number of fused-ring (bicyclic) bond motifs is 1. The number of nitrogens with one attached hydrogen (secondary N) is 1. The Balaban J connectivity index is 2.24. The molecule has 0 amide bonds. The number of nitrogens with zero attached hydrogens (tertiary/aromatic N) is 2. The Labute approximate surface area is 123 Å². The van der Waals surface area contributed by atoms with Crippen molar-refractivity contribution in [2.75, 3.05) is 13.1 Å². The van der Waals surface area contributed by atoms with Gasteiger partial charge in [-0.25, -0.2) is 4.79 Å². The largest absolute Gasteiger partial charge is 0.416 e. The third-order valence-corrected chi connectivity index (χ3v) is 3.99. The molecule has 1 aromatic carbocycles. The van der Waals surface area contributed by atoms with Crippen LogP contribution in [0.3, 0.4) is 0 Å². The van der Waals surface area contributed by atoms with Gasteiger partial charge in [0, 0.05) is 32.6 Å². The van der Waals surface area contributed by atoms with E-state index in [1.807, 2.05) is 0 Å². The quantitative estimate of drug-likeness (QED) is 0.898. The fraction of sp³-hybridized carbons (Fsp3) is 0.429. The second-order valence-corrected chi connectivity index (χ2v) is 5.51. The van der Waals surface area contributed by atoms with Crippen LogP contribution in [0.4, 0.5) is 13.2 Å². The van der Waals surface area contributed by atoms with Crippen LogP contribution >= 0.6 is 0 Å². The summed E-state index contributed by atoms with van der Waals surface area (Å²) in [4.78, 5) is 24.7. The first-order valence-electron chi connectivity index (χ1n) is 6.80. The molecule has 1 N–H and O–H groups in total. The Hall–Kier alpha value is -2.09. The maximum Gasteiger partial charge on any atom is 0.416 e. The first-order chi connectivity index (χ1) is 10.3. The first kappa shape index (κ1) is 14.8. The molecule has 0 saturated carbocycles. The summed E-state index contributed by atoms with van der Waals surface area (Å²) in [5.41, 5.74) is -1.88. The number of hydrogen-bond donors (Lipinski definition) is 1. The van der Waals surface area contributed by atoms with Gasteiger partial charge < -0.3 is 5.32 Å². The predicted molar refractivity (Wildman–Crippen MR) is 74.8 cm³/mol. The molecule has 1 saturated heterocycles. The molecule has 2 heterocycles. The molecule has 3 rings (SSSR count). The fourth-order valence-electron chi connectivity index (χ4n) is 2.59. The van der Waals surface area contributed by atoms with Crippen molar-refractivity contribution in [1.82, 2.24) is 14.5 Å². The molecule has 22 heavy (non-hydrogen) atoms. The third kappa shape index (κ3) is 2.33. The van der Waals surface area contributed by atoms with E-state index in [-0.39, 0.29) is 23.4 Å². The molecule has 118 valence electrons. The maximum atomic E-state index is 12.8. The van der Waals surface area contributed by atoms with Crippen LogP contribution in [0.1, 0.15) is 5.56 Å². The Morgan fingerprint density at radius 2 is 1.95 bits per heavy atom. The lowest BCUT2D eigenvalue weighted by Gasteiger charge is -2.27. The van der Waals surface area contributed by atoms with Gasteiger partial charge in [-0.3, -0.25) is 13.9 Å². The SMILES string of the molecule is Cn1c(=O)n(CC2CNC2)c(=O)c2cc(C(F)(F)F)ccc21. The van der Waals surface area contributed by atoms with E-state index in [1.54, 1.807) is 0 Å². The number of hydrogen-bond acceptors (Lipinski definition) is 3. The van der Waals surface area contributed by atoms with Gasteiger partial charge in [0.15, 0.2) is 0 Å². The highest BCUT2D eigenvalue weighted by molar-refractivity contribution is 5.78. The van der Waals surface area contributed by atoms with E-state index in [9.17, 15) is 22.8 Å². The van der Waals surface area contributed by atoms with Crippen molar-refractivity contribution in [3.63, 3.8) is 0 Å². The Kier molecular flexibility index (Phi) is 3.36. The Morgan fingerprint density at radius 1 is 1.27 bits per heavy atom. The maximum absolute atomic E-state index is 12.8. The van der Waals surface area contributed by atoms with Gasteiger partial charge in [-0.2, -0.15) is 13.2 Å². The van der Waals surface area contributed by atoms with Crippen LogP contribution in [0.2, 0.25) is 0 Å². The molecule has 0 spiro atoms. The summed E-state index contributed by atoms with van der Waals surface area (Å²) in [6.45, 7) is 1.59. The van der Waals surface area contributed by atoms with E-state index in [4.69, 9.17) is 0 Å². The average molecular weight is 313 g/mol. The molecule has 2 aromatic rings. The van der Waals surface area contributed by atoms with Crippen molar-refractivity contribution in [3.05, 3.63) is 44.6 Å². The Morgan fingerprint density at radius 3 is 2.50 bits per heavy atom. The molecule has 1 aliphatic heterocycles. The van der Waals surface area contributed by atoms with E-state index in [0.29, 0.717) is 13.1 Å². The van der Waals surface area contributed by atoms with Crippen molar-refractivity contribution >= 4 is 10.9 Å². The molecule has 1 fully saturated rings. The van der Waals surface area contributed by atoms with Gasteiger partial charge >= 0.3 is 11.9 Å². The minimum absolute atomic E-state index is 0.0933. The zero-order valence-electron chi connectivity index (χ0n) is 11.8. The van der Waals surface area contributed by atoms with E-state index < -0.39 is 23.0 Å². The first-order valence-corrected chi connectivity index (χ1v) is 6.80. The zero-order valence-corrected chi connectivity index (χ0v) is 11.8. The van der Waals surface area contributed by atoms with Crippen LogP contribution in [0, 0.1) is 5.92 Å². The molecule has 0 atom stereocenters. The summed E-state index contributed by atoms with van der Waals surface area (Å²) in [5.74, 6) is 0.147. The highest BCUT2D eigenvalue weighted by Gasteiger charge is 2.31. The van der Waals surface area contributed by atoms with Gasteiger partial charge in [0.05, 0.1) is 16.5 Å². The molecule has 1 aromatic heterocycles. The topological polar surface area (TPSA) is 56.0 Å². The van der Waals surface area contributed by atoms with Crippen LogP contribution in [-0.4, -0.2) is 22.2 Å². The van der Waals surface area contributed by atoms with Crippen molar-refractivity contribution in [2.24, 2.45) is 13.0 Å². The lowest BCUT2D eigenvalue weighted by atomic mass is 10.0. The van der Waals surface area contributed by atoms with Gasteiger partial charge in [0.2, 0.25) is 0 Å². The summed E-state index contributed by atoms with van der Waals surface area (Å²) in [6.07, 6.45) is -4.53. The smallest absolute Gasteiger partial charge is 0.316 e. The van der Waals surface area contributed by atoms with E-state index in [2.05, 4.69) is 5.32 Å². The minimum Gasteiger partial charge on any atom is -0.316 e. The summed E-state index contributed by atoms with van der Waals surface area (Å²) in [7, 11) is 1.45. The van der Waals surface area contributed by atoms with Gasteiger partial charge in [-0.15, -0.1) is 0 Å². The van der Waals surface area contributed by atoms with Crippen molar-refractivity contribution in [2.45, 2.75) is 12.7 Å². The molecular formula is C14H14F3N3O2. The molecule has 0 aliphatic carbocycles. The fourth-order valence-corrected chi connectivity index (χ4v) is 2.59. The van der Waals surface area contributed by atoms with Crippen LogP contribution < -0.4 is 16.6 Å². The molecule has 5 nitrogen and oxygen atoms in total. The van der Waals surface area contributed by atoms with Crippen LogP contribution in [-0.2, 0) is 19.8 Å². The van der Waals surface area contributed by atoms with Crippen molar-refractivity contribution in [3.8, 4) is 0 Å². The second-order valence-electron chi connectivity index (χ2n) is 5.51. The molecule has 8 heteroatoms. The highest BCUT2D eigenvalue weighted by Crippen LogP contribution is 2.30. The summed E-state index contributed by atoms with van der Waals surface area (Å²) in [6, 6.07) is 2.85. The van der Waals surface area contributed by atoms with Gasteiger partial charge in [0.1, 0.15) is 0 Å². The summed E-state index contributed by atoms with van der Waals surface area (Å²) >= 11 is 0. The predicted octanol–water partition coefficient (Wildman–Crippen LogP) is 0.938. The van der Waals surface area contributed by atoms with Crippen LogP contribution in [0.5, 0.6) is 0 Å². The monoisotopic (exact) mass is 313 g/mol. The number of alkyl halides is 3. The molecule has 0 radical (unpaired) electrons. The van der Waals surface area contributed by atoms with E-state index >= 15 is 0 Å². The number of benzene rings is 1. The summed E-state index contributed by atoms with van der Waals surface area (Å²) in [5, 5.41) is 2.93. The molecular weight excluding hydrogens is 299 g/mol. The van der Waals surface area contributed by atoms with Crippen molar-refractivity contribution < 1.29 is 13.2 Å². The van der Waals surface area contributed by atoms with E-state index in [1.165, 1.54) is 11.6 Å². The second kappa shape index (κ2) is 4.98. The highest BCUT2D eigenvalue weighted by atomic mass is 19.4. The lowest BCUT2D eigenvalue weighted by molar-refractivity contribution is -0.137. The molecule has 1 aliphatic rings. The van der Waals surface area contributed by atoms with Gasteiger partial charge in [0.25, 0.3) is 5.56 Å². The van der Waals surface area contributed by atoms with Gasteiger partial charge in [-0.05, 0) is 18.2 Å². The number of halogens is 3. The summed E-state index contributed by atoms with van der Waals surface area (Å²) < 4.78 is 40.7. The van der Waals surface area contributed by atoms with Gasteiger partial charge in [-0.1, -0.05) is 0 Å². The zero-order chi connectivity index (χ0) is 16.1. The van der Waals surface area contributed by atoms with Crippen molar-refractivity contribution in [1.29, 1.82) is 0 Å². The number of aryl methyl sites for hydroxylation is 1. The van der Waals surface area contributed by atoms with Crippen LogP contribution in [0.25, 0.3) is 10.9 Å². The minimum atomic E-state index is -4.53.